The molecule has 0 aliphatic heterocycles. The number of aromatic nitrogens is 2. The van der Waals surface area contributed by atoms with Gasteiger partial charge in [-0.2, -0.15) is 10.2 Å². The van der Waals surface area contributed by atoms with Crippen LogP contribution in [0.5, 0.6) is 11.5 Å². The van der Waals surface area contributed by atoms with Crippen LogP contribution in [0, 0.1) is 24.0 Å². The van der Waals surface area contributed by atoms with Gasteiger partial charge in [-0.15, -0.1) is 0 Å². The molecule has 10 heteroatoms. The van der Waals surface area contributed by atoms with E-state index >= 15 is 0 Å². The molecule has 26 heavy (non-hydrogen) atoms. The minimum Gasteiger partial charge on any atom is -0.504 e. The van der Waals surface area contributed by atoms with Gasteiger partial charge >= 0.3 is 5.69 Å². The smallest absolute Gasteiger partial charge is 0.312 e. The molecule has 1 amide bonds. The molecule has 0 fully saturated rings. The van der Waals surface area contributed by atoms with Crippen LogP contribution in [0.2, 0.25) is 0 Å². The number of phenols is 1. The number of benzene rings is 1. The Morgan fingerprint density at radius 1 is 1.50 bits per heavy atom. The lowest BCUT2D eigenvalue weighted by Crippen LogP contribution is -2.28. The summed E-state index contributed by atoms with van der Waals surface area (Å²) in [6.07, 6.45) is 1.27. The number of ether oxygens (including phenoxy) is 1. The van der Waals surface area contributed by atoms with Gasteiger partial charge in [-0.1, -0.05) is 6.07 Å². The highest BCUT2D eigenvalue weighted by molar-refractivity contribution is 5.87. The SMILES string of the molecule is COc1cccc(/C=N/NC(=O)[C@H](C)n2nc(C)c([N+](=O)[O-])c2C)c1O. The highest BCUT2D eigenvalue weighted by atomic mass is 16.6. The molecule has 1 atom stereocenters. The minimum absolute atomic E-state index is 0.102. The van der Waals surface area contributed by atoms with Gasteiger partial charge in [-0.25, -0.2) is 5.43 Å². The van der Waals surface area contributed by atoms with Crippen molar-refractivity contribution in [2.45, 2.75) is 26.8 Å². The number of hydrazone groups is 1. The molecular weight excluding hydrogens is 342 g/mol. The fourth-order valence-electron chi connectivity index (χ4n) is 2.47. The predicted octanol–water partition coefficient (Wildman–Crippen LogP) is 1.83. The Kier molecular flexibility index (Phi) is 5.55. The first-order chi connectivity index (χ1) is 12.3. The molecule has 0 aliphatic carbocycles. The van der Waals surface area contributed by atoms with Gasteiger partial charge in [-0.05, 0) is 32.9 Å². The number of hydrogen-bond acceptors (Lipinski definition) is 7. The Morgan fingerprint density at radius 2 is 2.19 bits per heavy atom. The third-order valence-corrected chi connectivity index (χ3v) is 3.84. The summed E-state index contributed by atoms with van der Waals surface area (Å²) in [4.78, 5) is 22.8. The second-order valence-electron chi connectivity index (χ2n) is 5.53. The van der Waals surface area contributed by atoms with Crippen LogP contribution in [0.1, 0.15) is 29.9 Å². The highest BCUT2D eigenvalue weighted by Gasteiger charge is 2.26. The lowest BCUT2D eigenvalue weighted by Gasteiger charge is -2.11. The first-order valence-electron chi connectivity index (χ1n) is 7.66. The molecule has 10 nitrogen and oxygen atoms in total. The second-order valence-corrected chi connectivity index (χ2v) is 5.53. The largest absolute Gasteiger partial charge is 0.504 e. The number of phenolic OH excluding ortho intramolecular Hbond substituents is 1. The molecule has 0 aliphatic rings. The van der Waals surface area contributed by atoms with Crippen molar-refractivity contribution >= 4 is 17.8 Å². The van der Waals surface area contributed by atoms with Crippen molar-refractivity contribution in [2.75, 3.05) is 7.11 Å². The summed E-state index contributed by atoms with van der Waals surface area (Å²) < 4.78 is 6.27. The average molecular weight is 361 g/mol. The Labute approximate surface area is 149 Å². The number of nitrogens with one attached hydrogen (secondary N) is 1. The van der Waals surface area contributed by atoms with Gasteiger partial charge in [-0.3, -0.25) is 19.6 Å². The summed E-state index contributed by atoms with van der Waals surface area (Å²) >= 11 is 0. The van der Waals surface area contributed by atoms with E-state index in [2.05, 4.69) is 15.6 Å². The van der Waals surface area contributed by atoms with Crippen molar-refractivity contribution in [2.24, 2.45) is 5.10 Å². The van der Waals surface area contributed by atoms with Gasteiger partial charge in [0.2, 0.25) is 0 Å². The topological polar surface area (TPSA) is 132 Å². The van der Waals surface area contributed by atoms with Gasteiger partial charge in [0.1, 0.15) is 17.4 Å². The number of rotatable bonds is 6. The third kappa shape index (κ3) is 3.63. The summed E-state index contributed by atoms with van der Waals surface area (Å²) in [7, 11) is 1.42. The normalized spacial score (nSPS) is 12.2. The Balaban J connectivity index is 2.13. The van der Waals surface area contributed by atoms with Crippen LogP contribution in [0.25, 0.3) is 0 Å². The van der Waals surface area contributed by atoms with Crippen LogP contribution in [-0.4, -0.2) is 39.0 Å². The van der Waals surface area contributed by atoms with E-state index in [1.807, 2.05) is 0 Å². The van der Waals surface area contributed by atoms with Gasteiger partial charge < -0.3 is 9.84 Å². The van der Waals surface area contributed by atoms with Crippen molar-refractivity contribution in [1.82, 2.24) is 15.2 Å². The van der Waals surface area contributed by atoms with Crippen LogP contribution in [-0.2, 0) is 4.79 Å². The highest BCUT2D eigenvalue weighted by Crippen LogP contribution is 2.28. The van der Waals surface area contributed by atoms with Crippen LogP contribution >= 0.6 is 0 Å². The van der Waals surface area contributed by atoms with E-state index in [1.54, 1.807) is 25.1 Å². The summed E-state index contributed by atoms with van der Waals surface area (Å²) in [5.41, 5.74) is 3.09. The summed E-state index contributed by atoms with van der Waals surface area (Å²) in [5.74, 6) is -0.331. The molecule has 0 radical (unpaired) electrons. The molecule has 0 bridgehead atoms. The van der Waals surface area contributed by atoms with E-state index < -0.39 is 16.9 Å². The van der Waals surface area contributed by atoms with Crippen molar-refractivity contribution in [3.8, 4) is 11.5 Å². The zero-order valence-corrected chi connectivity index (χ0v) is 14.8. The van der Waals surface area contributed by atoms with Crippen LogP contribution in [0.3, 0.4) is 0 Å². The van der Waals surface area contributed by atoms with Gasteiger partial charge in [0.25, 0.3) is 5.91 Å². The fourth-order valence-corrected chi connectivity index (χ4v) is 2.47. The zero-order chi connectivity index (χ0) is 19.4. The molecule has 0 saturated carbocycles. The summed E-state index contributed by atoms with van der Waals surface area (Å²) in [6, 6.07) is 4.04. The second kappa shape index (κ2) is 7.64. The number of aryl methyl sites for hydroxylation is 1. The molecule has 2 N–H and O–H groups in total. The first-order valence-corrected chi connectivity index (χ1v) is 7.66. The van der Waals surface area contributed by atoms with Crippen LogP contribution < -0.4 is 10.2 Å². The zero-order valence-electron chi connectivity index (χ0n) is 14.8. The van der Waals surface area contributed by atoms with Gasteiger partial charge in [0, 0.05) is 5.56 Å². The maximum absolute atomic E-state index is 12.2. The number of hydrogen-bond donors (Lipinski definition) is 2. The summed E-state index contributed by atoms with van der Waals surface area (Å²) in [6.45, 7) is 4.59. The predicted molar refractivity (Wildman–Crippen MR) is 93.5 cm³/mol. The number of aromatic hydroxyl groups is 1. The van der Waals surface area contributed by atoms with E-state index in [-0.39, 0.29) is 28.6 Å². The third-order valence-electron chi connectivity index (χ3n) is 3.84. The van der Waals surface area contributed by atoms with Crippen LogP contribution in [0.4, 0.5) is 5.69 Å². The Morgan fingerprint density at radius 3 is 2.77 bits per heavy atom. The lowest BCUT2D eigenvalue weighted by molar-refractivity contribution is -0.386. The van der Waals surface area contributed by atoms with Gasteiger partial charge in [0.15, 0.2) is 11.5 Å². The number of nitrogens with zero attached hydrogens (tertiary/aromatic N) is 4. The Bertz CT molecular complexity index is 874. The maximum atomic E-state index is 12.2. The molecule has 2 rings (SSSR count). The fraction of sp³-hybridized carbons (Fsp3) is 0.312. The van der Waals surface area contributed by atoms with Gasteiger partial charge in [0.05, 0.1) is 18.2 Å². The lowest BCUT2D eigenvalue weighted by atomic mass is 10.2. The van der Waals surface area contributed by atoms with E-state index in [9.17, 15) is 20.0 Å². The van der Waals surface area contributed by atoms with Crippen molar-refractivity contribution in [3.63, 3.8) is 0 Å². The number of carbonyl (C=O) groups is 1. The standard InChI is InChI=1S/C16H19N5O5/c1-9-14(21(24)25)10(2)20(19-9)11(3)16(23)18-17-8-12-6-5-7-13(26-4)15(12)22/h5-8,11,22H,1-4H3,(H,18,23)/b17-8+/t11-/m0/s1. The monoisotopic (exact) mass is 361 g/mol. The van der Waals surface area contributed by atoms with Crippen molar-refractivity contribution < 1.29 is 19.6 Å². The van der Waals surface area contributed by atoms with Crippen molar-refractivity contribution in [1.29, 1.82) is 0 Å². The number of para-hydroxylation sites is 1. The van der Waals surface area contributed by atoms with E-state index in [4.69, 9.17) is 4.74 Å². The van der Waals surface area contributed by atoms with Crippen LogP contribution in [0.15, 0.2) is 23.3 Å². The molecule has 1 aromatic heterocycles. The maximum Gasteiger partial charge on any atom is 0.312 e. The van der Waals surface area contributed by atoms with E-state index in [1.165, 1.54) is 31.9 Å². The molecular formula is C16H19N5O5. The molecule has 2 aromatic rings. The molecule has 138 valence electrons. The molecule has 0 unspecified atom stereocenters. The van der Waals surface area contributed by atoms with E-state index in [0.717, 1.165) is 0 Å². The molecule has 1 aromatic carbocycles. The number of methoxy groups -OCH3 is 1. The van der Waals surface area contributed by atoms with Crippen molar-refractivity contribution in [3.05, 3.63) is 45.3 Å². The first kappa shape index (κ1) is 18.9. The van der Waals surface area contributed by atoms with E-state index in [0.29, 0.717) is 5.56 Å². The number of nitro groups is 1. The molecule has 0 spiro atoms. The Hall–Kier alpha value is -3.43. The summed E-state index contributed by atoms with van der Waals surface area (Å²) in [5, 5.41) is 28.9. The molecule has 0 saturated heterocycles. The molecule has 1 heterocycles. The number of carbonyl (C=O) groups excluding carboxylic acids is 1. The minimum atomic E-state index is -0.807. The average Bonchev–Trinajstić information content (AvgIpc) is 2.90. The quantitative estimate of drug-likeness (QED) is 0.458. The number of amides is 1.